The van der Waals surface area contributed by atoms with Gasteiger partial charge in [0, 0.05) is 9.35 Å². The summed E-state index contributed by atoms with van der Waals surface area (Å²) in [5.41, 5.74) is 1.13. The van der Waals surface area contributed by atoms with E-state index in [-0.39, 0.29) is 19.4 Å². The predicted octanol–water partition coefficient (Wildman–Crippen LogP) is 4.87. The van der Waals surface area contributed by atoms with E-state index < -0.39 is 27.4 Å². The van der Waals surface area contributed by atoms with Crippen LogP contribution in [0.4, 0.5) is 0 Å². The molecule has 0 radical (unpaired) electrons. The van der Waals surface area contributed by atoms with Gasteiger partial charge in [-0.1, -0.05) is 25.8 Å². The van der Waals surface area contributed by atoms with Gasteiger partial charge in [-0.3, -0.25) is 4.79 Å². The quantitative estimate of drug-likeness (QED) is 0.152. The molecule has 8 nitrogen and oxygen atoms in total. The normalized spacial score (nSPS) is 14.5. The largest absolute Gasteiger partial charge is 0.598 e. The van der Waals surface area contributed by atoms with Gasteiger partial charge in [0.25, 0.3) is 0 Å². The summed E-state index contributed by atoms with van der Waals surface area (Å²) >= 11 is 0. The molecule has 0 spiro atoms. The van der Waals surface area contributed by atoms with Crippen molar-refractivity contribution >= 4 is 22.0 Å². The van der Waals surface area contributed by atoms with Gasteiger partial charge in [-0.2, -0.15) is 0 Å². The van der Waals surface area contributed by atoms with Gasteiger partial charge in [0.05, 0.1) is 12.8 Å². The molecule has 2 atom stereocenters. The summed E-state index contributed by atoms with van der Waals surface area (Å²) in [6.07, 6.45) is 4.62. The van der Waals surface area contributed by atoms with E-state index in [1.54, 1.807) is 0 Å². The highest BCUT2D eigenvalue weighted by Crippen LogP contribution is 2.47. The van der Waals surface area contributed by atoms with Crippen molar-refractivity contribution in [3.05, 3.63) is 11.6 Å². The summed E-state index contributed by atoms with van der Waals surface area (Å²) in [5, 5.41) is 15.4. The van der Waals surface area contributed by atoms with Crippen LogP contribution in [0.3, 0.4) is 0 Å². The molecule has 0 aliphatic carbocycles. The topological polar surface area (TPSA) is 119 Å². The number of rotatable bonds is 13. The third-order valence-electron chi connectivity index (χ3n) is 3.28. The molecule has 2 N–H and O–H groups in total. The molecular weight excluding hydrogens is 358 g/mol. The molecule has 0 saturated heterocycles. The fourth-order valence-corrected chi connectivity index (χ4v) is 3.65. The van der Waals surface area contributed by atoms with Crippen LogP contribution >= 0.6 is 16.1 Å². The van der Waals surface area contributed by atoms with Crippen LogP contribution in [0.25, 0.3) is 0 Å². The lowest BCUT2D eigenvalue weighted by Gasteiger charge is -2.05. The first-order chi connectivity index (χ1) is 11.3. The Morgan fingerprint density at radius 1 is 1.08 bits per heavy atom. The van der Waals surface area contributed by atoms with Crippen molar-refractivity contribution in [3.8, 4) is 0 Å². The average molecular weight is 384 g/mol. The van der Waals surface area contributed by atoms with E-state index in [0.717, 1.165) is 24.8 Å². The molecule has 0 fully saturated rings. The molecule has 0 aliphatic heterocycles. The van der Waals surface area contributed by atoms with Crippen LogP contribution in [0, 0.1) is 5.92 Å². The van der Waals surface area contributed by atoms with Crippen molar-refractivity contribution in [2.75, 3.05) is 6.61 Å². The minimum Gasteiger partial charge on any atom is -0.461 e. The van der Waals surface area contributed by atoms with E-state index in [1.165, 1.54) is 0 Å². The SMILES string of the molecule is C/C(=C\COC(=O)CCC([P+](=O)OO)[P+](=O)OO)CCCC(C)C. The molecule has 10 heteroatoms. The zero-order valence-corrected chi connectivity index (χ0v) is 16.0. The van der Waals surface area contributed by atoms with Gasteiger partial charge < -0.3 is 4.74 Å². The van der Waals surface area contributed by atoms with Gasteiger partial charge in [0.2, 0.25) is 0 Å². The molecule has 0 bridgehead atoms. The third kappa shape index (κ3) is 10.9. The summed E-state index contributed by atoms with van der Waals surface area (Å²) in [6.45, 7) is 6.43. The van der Waals surface area contributed by atoms with Gasteiger partial charge in [-0.05, 0) is 40.9 Å². The molecule has 0 saturated carbocycles. The number of hydrogen-bond acceptors (Lipinski definition) is 8. The Kier molecular flexibility index (Phi) is 13.1. The highest BCUT2D eigenvalue weighted by atomic mass is 31.2. The number of allylic oxidation sites excluding steroid dienone is 1. The van der Waals surface area contributed by atoms with Gasteiger partial charge in [-0.25, -0.2) is 10.5 Å². The van der Waals surface area contributed by atoms with Crippen molar-refractivity contribution in [2.24, 2.45) is 5.92 Å². The Balaban J connectivity index is 4.16. The van der Waals surface area contributed by atoms with Crippen LogP contribution in [0.5, 0.6) is 0 Å². The number of carbonyl (C=O) groups excluding carboxylic acids is 1. The lowest BCUT2D eigenvalue weighted by Crippen LogP contribution is -2.08. The van der Waals surface area contributed by atoms with Crippen molar-refractivity contribution in [1.82, 2.24) is 0 Å². The number of carbonyl (C=O) groups is 1. The number of hydrogen-bond donors (Lipinski definition) is 2. The molecule has 0 aromatic heterocycles. The van der Waals surface area contributed by atoms with Gasteiger partial charge in [-0.15, -0.1) is 0 Å². The molecule has 2 unspecified atom stereocenters. The van der Waals surface area contributed by atoms with Crippen LogP contribution in [0.2, 0.25) is 0 Å². The van der Waals surface area contributed by atoms with Crippen LogP contribution < -0.4 is 0 Å². The maximum absolute atomic E-state index is 11.6. The summed E-state index contributed by atoms with van der Waals surface area (Å²) in [4.78, 5) is 11.6. The molecule has 0 rings (SSSR count). The fourth-order valence-electron chi connectivity index (χ4n) is 1.88. The molecule has 0 aliphatic rings. The lowest BCUT2D eigenvalue weighted by atomic mass is 10.0. The summed E-state index contributed by atoms with van der Waals surface area (Å²) in [6, 6.07) is 0. The van der Waals surface area contributed by atoms with E-state index in [0.29, 0.717) is 5.92 Å². The zero-order chi connectivity index (χ0) is 18.5. The number of ether oxygens (including phenoxy) is 1. The second kappa shape index (κ2) is 13.5. The first-order valence-electron chi connectivity index (χ1n) is 7.68. The molecular formula is C14H26O8P2+2. The van der Waals surface area contributed by atoms with Gasteiger partial charge in [0.15, 0.2) is 0 Å². The van der Waals surface area contributed by atoms with E-state index in [4.69, 9.17) is 15.3 Å². The van der Waals surface area contributed by atoms with Crippen molar-refractivity contribution in [3.63, 3.8) is 0 Å². The van der Waals surface area contributed by atoms with Crippen molar-refractivity contribution < 1.29 is 38.5 Å². The van der Waals surface area contributed by atoms with E-state index in [2.05, 4.69) is 23.2 Å². The maximum atomic E-state index is 11.6. The predicted molar refractivity (Wildman–Crippen MR) is 89.1 cm³/mol. The van der Waals surface area contributed by atoms with Crippen LogP contribution in [-0.4, -0.2) is 28.5 Å². The van der Waals surface area contributed by atoms with Crippen LogP contribution in [0.15, 0.2) is 11.6 Å². The summed E-state index contributed by atoms with van der Waals surface area (Å²) < 4.78 is 34.9. The Morgan fingerprint density at radius 3 is 2.17 bits per heavy atom. The standard InChI is InChI=1S/C14H24O8P2/c1-11(2)5-4-6-12(3)9-10-20-13(15)7-8-14(23(18)21-16)24(19)22-17/h9,11,14H,4-8,10H2,1-3H3/p+2/b12-9+. The molecule has 24 heavy (non-hydrogen) atoms. The lowest BCUT2D eigenvalue weighted by molar-refractivity contribution is -0.143. The minimum absolute atomic E-state index is 0.127. The van der Waals surface area contributed by atoms with Crippen molar-refractivity contribution in [2.45, 2.75) is 58.3 Å². The van der Waals surface area contributed by atoms with E-state index in [1.807, 2.05) is 13.0 Å². The monoisotopic (exact) mass is 384 g/mol. The third-order valence-corrected chi connectivity index (χ3v) is 6.23. The molecule has 0 amide bonds. The summed E-state index contributed by atoms with van der Waals surface area (Å²) in [5.74, 6) is 0.0845. The molecule has 0 aromatic carbocycles. The highest BCUT2D eigenvalue weighted by molar-refractivity contribution is 7.58. The second-order valence-electron chi connectivity index (χ2n) is 5.77. The molecule has 0 heterocycles. The summed E-state index contributed by atoms with van der Waals surface area (Å²) in [7, 11) is -5.47. The van der Waals surface area contributed by atoms with Gasteiger partial charge >= 0.3 is 27.4 Å². The molecule has 138 valence electrons. The fraction of sp³-hybridized carbons (Fsp3) is 0.786. The Labute approximate surface area is 143 Å². The first-order valence-corrected chi connectivity index (χ1v) is 10.2. The Bertz CT molecular complexity index is 434. The first kappa shape index (κ1) is 23.2. The van der Waals surface area contributed by atoms with Crippen molar-refractivity contribution in [1.29, 1.82) is 0 Å². The molecule has 0 aromatic rings. The zero-order valence-electron chi connectivity index (χ0n) is 14.2. The number of esters is 1. The Morgan fingerprint density at radius 2 is 1.67 bits per heavy atom. The van der Waals surface area contributed by atoms with E-state index in [9.17, 15) is 13.9 Å². The van der Waals surface area contributed by atoms with Gasteiger partial charge in [0.1, 0.15) is 6.61 Å². The smallest absolute Gasteiger partial charge is 0.461 e. The highest BCUT2D eigenvalue weighted by Gasteiger charge is 2.53. The van der Waals surface area contributed by atoms with E-state index >= 15 is 0 Å². The maximum Gasteiger partial charge on any atom is 0.598 e. The minimum atomic E-state index is -2.74. The Hall–Kier alpha value is -0.750. The van der Waals surface area contributed by atoms with Crippen LogP contribution in [0.1, 0.15) is 52.9 Å². The van der Waals surface area contributed by atoms with Crippen LogP contribution in [-0.2, 0) is 28.0 Å². The second-order valence-corrected chi connectivity index (χ2v) is 8.89. The average Bonchev–Trinajstić information content (AvgIpc) is 2.53.